The number of nitrogens with one attached hydrogen (secondary N) is 1. The Kier molecular flexibility index (Phi) is 5.71. The standard InChI is InChI=1S/C19H19FN2OS2/c1-12-10-13(2)18-16(11-12)25-19(22-18)21-17(23)4-3-9-24-15-7-5-14(20)6-8-15/h5-8,10-11H,3-4,9H2,1-2H3,(H,21,22,23). The molecule has 2 aromatic carbocycles. The van der Waals surface area contributed by atoms with Crippen molar-refractivity contribution in [2.45, 2.75) is 31.6 Å². The third-order valence-corrected chi connectivity index (χ3v) is 5.72. The number of nitrogens with zero attached hydrogens (tertiary/aromatic N) is 1. The summed E-state index contributed by atoms with van der Waals surface area (Å²) in [4.78, 5) is 17.6. The Bertz CT molecular complexity index is 890. The molecule has 0 unspecified atom stereocenters. The number of amides is 1. The molecule has 3 aromatic rings. The number of benzene rings is 2. The van der Waals surface area contributed by atoms with Crippen LogP contribution in [-0.2, 0) is 4.79 Å². The average molecular weight is 375 g/mol. The quantitative estimate of drug-likeness (QED) is 0.453. The SMILES string of the molecule is Cc1cc(C)c2nc(NC(=O)CCCSc3ccc(F)cc3)sc2c1. The molecule has 0 radical (unpaired) electrons. The average Bonchev–Trinajstić information content (AvgIpc) is 2.96. The lowest BCUT2D eigenvalue weighted by Gasteiger charge is -2.02. The van der Waals surface area contributed by atoms with Gasteiger partial charge in [0.2, 0.25) is 5.91 Å². The third-order valence-electron chi connectivity index (χ3n) is 3.71. The Balaban J connectivity index is 1.49. The lowest BCUT2D eigenvalue weighted by Crippen LogP contribution is -2.11. The topological polar surface area (TPSA) is 42.0 Å². The molecular weight excluding hydrogens is 355 g/mol. The van der Waals surface area contributed by atoms with Crippen molar-refractivity contribution in [1.82, 2.24) is 4.98 Å². The van der Waals surface area contributed by atoms with E-state index in [1.807, 2.05) is 6.92 Å². The molecule has 1 aromatic heterocycles. The Labute approximate surface area is 154 Å². The van der Waals surface area contributed by atoms with Crippen molar-refractivity contribution < 1.29 is 9.18 Å². The fourth-order valence-electron chi connectivity index (χ4n) is 2.56. The molecule has 0 bridgehead atoms. The minimum atomic E-state index is -0.231. The van der Waals surface area contributed by atoms with E-state index in [1.165, 1.54) is 29.0 Å². The van der Waals surface area contributed by atoms with E-state index in [1.54, 1.807) is 23.9 Å². The van der Waals surface area contributed by atoms with Crippen LogP contribution in [0.3, 0.4) is 0 Å². The van der Waals surface area contributed by atoms with Gasteiger partial charge in [-0.3, -0.25) is 4.79 Å². The maximum atomic E-state index is 12.8. The number of thioether (sulfide) groups is 1. The van der Waals surface area contributed by atoms with Gasteiger partial charge in [0.05, 0.1) is 10.2 Å². The van der Waals surface area contributed by atoms with Gasteiger partial charge in [-0.2, -0.15) is 0 Å². The van der Waals surface area contributed by atoms with Gasteiger partial charge in [-0.15, -0.1) is 11.8 Å². The molecule has 0 atom stereocenters. The molecule has 25 heavy (non-hydrogen) atoms. The van der Waals surface area contributed by atoms with Gasteiger partial charge in [0.15, 0.2) is 5.13 Å². The van der Waals surface area contributed by atoms with Crippen LogP contribution in [0.2, 0.25) is 0 Å². The van der Waals surface area contributed by atoms with E-state index in [0.29, 0.717) is 11.6 Å². The van der Waals surface area contributed by atoms with Gasteiger partial charge in [0.1, 0.15) is 5.82 Å². The maximum absolute atomic E-state index is 12.8. The van der Waals surface area contributed by atoms with Crippen LogP contribution in [0.1, 0.15) is 24.0 Å². The first-order chi connectivity index (χ1) is 12.0. The van der Waals surface area contributed by atoms with E-state index in [2.05, 4.69) is 29.4 Å². The van der Waals surface area contributed by atoms with Gasteiger partial charge in [-0.1, -0.05) is 17.4 Å². The predicted octanol–water partition coefficient (Wildman–Crippen LogP) is 5.56. The minimum Gasteiger partial charge on any atom is -0.302 e. The molecule has 1 amide bonds. The number of anilines is 1. The Morgan fingerprint density at radius 3 is 2.76 bits per heavy atom. The number of fused-ring (bicyclic) bond motifs is 1. The van der Waals surface area contributed by atoms with Gasteiger partial charge in [-0.25, -0.2) is 9.37 Å². The fraction of sp³-hybridized carbons (Fsp3) is 0.263. The number of rotatable bonds is 6. The molecule has 0 saturated heterocycles. The van der Waals surface area contributed by atoms with Crippen molar-refractivity contribution in [3.05, 3.63) is 53.3 Å². The molecule has 0 aliphatic carbocycles. The van der Waals surface area contributed by atoms with Crippen LogP contribution in [-0.4, -0.2) is 16.6 Å². The minimum absolute atomic E-state index is 0.0202. The first-order valence-corrected chi connectivity index (χ1v) is 9.87. The second-order valence-corrected chi connectivity index (χ2v) is 8.10. The lowest BCUT2D eigenvalue weighted by molar-refractivity contribution is -0.116. The van der Waals surface area contributed by atoms with Gasteiger partial charge >= 0.3 is 0 Å². The van der Waals surface area contributed by atoms with Crippen molar-refractivity contribution in [3.8, 4) is 0 Å². The monoisotopic (exact) mass is 374 g/mol. The zero-order chi connectivity index (χ0) is 17.8. The summed E-state index contributed by atoms with van der Waals surface area (Å²) in [6.07, 6.45) is 1.21. The zero-order valence-corrected chi connectivity index (χ0v) is 15.8. The third kappa shape index (κ3) is 4.80. The van der Waals surface area contributed by atoms with Gasteiger partial charge in [-0.05, 0) is 67.5 Å². The molecule has 3 nitrogen and oxygen atoms in total. The lowest BCUT2D eigenvalue weighted by atomic mass is 10.1. The van der Waals surface area contributed by atoms with Crippen molar-refractivity contribution in [2.75, 3.05) is 11.1 Å². The van der Waals surface area contributed by atoms with Crippen LogP contribution in [0, 0.1) is 19.7 Å². The summed E-state index contributed by atoms with van der Waals surface area (Å²) in [5.74, 6) is 0.565. The predicted molar refractivity (Wildman–Crippen MR) is 104 cm³/mol. The van der Waals surface area contributed by atoms with Gasteiger partial charge in [0.25, 0.3) is 0 Å². The molecule has 1 N–H and O–H groups in total. The van der Waals surface area contributed by atoms with Crippen LogP contribution in [0.4, 0.5) is 9.52 Å². The highest BCUT2D eigenvalue weighted by Gasteiger charge is 2.10. The van der Waals surface area contributed by atoms with Crippen LogP contribution in [0.25, 0.3) is 10.2 Å². The highest BCUT2D eigenvalue weighted by molar-refractivity contribution is 7.99. The highest BCUT2D eigenvalue weighted by Crippen LogP contribution is 2.29. The molecule has 0 spiro atoms. The molecule has 0 fully saturated rings. The number of carbonyl (C=O) groups excluding carboxylic acids is 1. The van der Waals surface area contributed by atoms with E-state index in [9.17, 15) is 9.18 Å². The summed E-state index contributed by atoms with van der Waals surface area (Å²) in [6.45, 7) is 4.09. The van der Waals surface area contributed by atoms with E-state index in [-0.39, 0.29) is 11.7 Å². The molecule has 0 aliphatic rings. The summed E-state index contributed by atoms with van der Waals surface area (Å²) in [7, 11) is 0. The van der Waals surface area contributed by atoms with Crippen LogP contribution < -0.4 is 5.32 Å². The summed E-state index contributed by atoms with van der Waals surface area (Å²) >= 11 is 3.13. The zero-order valence-electron chi connectivity index (χ0n) is 14.1. The largest absolute Gasteiger partial charge is 0.302 e. The molecule has 130 valence electrons. The van der Waals surface area contributed by atoms with Crippen LogP contribution in [0.5, 0.6) is 0 Å². The van der Waals surface area contributed by atoms with E-state index >= 15 is 0 Å². The van der Waals surface area contributed by atoms with Gasteiger partial charge < -0.3 is 5.32 Å². The van der Waals surface area contributed by atoms with E-state index < -0.39 is 0 Å². The summed E-state index contributed by atoms with van der Waals surface area (Å²) < 4.78 is 13.9. The molecule has 6 heteroatoms. The molecule has 3 rings (SSSR count). The number of aromatic nitrogens is 1. The number of hydrogen-bond acceptors (Lipinski definition) is 4. The number of hydrogen-bond donors (Lipinski definition) is 1. The molecule has 1 heterocycles. The van der Waals surface area contributed by atoms with Crippen LogP contribution in [0.15, 0.2) is 41.3 Å². The van der Waals surface area contributed by atoms with Crippen molar-refractivity contribution >= 4 is 44.4 Å². The number of carbonyl (C=O) groups is 1. The smallest absolute Gasteiger partial charge is 0.226 e. The van der Waals surface area contributed by atoms with Crippen molar-refractivity contribution in [1.29, 1.82) is 0 Å². The molecule has 0 saturated carbocycles. The van der Waals surface area contributed by atoms with Crippen molar-refractivity contribution in [3.63, 3.8) is 0 Å². The van der Waals surface area contributed by atoms with Crippen LogP contribution >= 0.6 is 23.1 Å². The molecular formula is C19H19FN2OS2. The fourth-order valence-corrected chi connectivity index (χ4v) is 4.47. The number of halogens is 1. The summed E-state index contributed by atoms with van der Waals surface area (Å²) in [6, 6.07) is 10.6. The summed E-state index contributed by atoms with van der Waals surface area (Å²) in [5, 5.41) is 3.55. The maximum Gasteiger partial charge on any atom is 0.226 e. The number of aryl methyl sites for hydroxylation is 2. The highest BCUT2D eigenvalue weighted by atomic mass is 32.2. The normalized spacial score (nSPS) is 11.0. The Morgan fingerprint density at radius 2 is 2.00 bits per heavy atom. The van der Waals surface area contributed by atoms with Gasteiger partial charge in [0, 0.05) is 11.3 Å². The Hall–Kier alpha value is -1.92. The number of thiazole rings is 1. The van der Waals surface area contributed by atoms with E-state index in [0.717, 1.165) is 32.8 Å². The van der Waals surface area contributed by atoms with Crippen molar-refractivity contribution in [2.24, 2.45) is 0 Å². The first kappa shape index (κ1) is 17.9. The second-order valence-electron chi connectivity index (χ2n) is 5.90. The molecule has 0 aliphatic heterocycles. The van der Waals surface area contributed by atoms with E-state index in [4.69, 9.17) is 0 Å². The second kappa shape index (κ2) is 7.97. The first-order valence-electron chi connectivity index (χ1n) is 8.07. The Morgan fingerprint density at radius 1 is 1.24 bits per heavy atom. The summed E-state index contributed by atoms with van der Waals surface area (Å²) in [5.41, 5.74) is 3.28.